The maximum atomic E-state index is 4.26. The summed E-state index contributed by atoms with van der Waals surface area (Å²) in [6.07, 6.45) is 5.06. The van der Waals surface area contributed by atoms with E-state index in [1.54, 1.807) is 0 Å². The SMILES string of the molecule is C=C/C(CC(=C)NC(C)(C)CC)=C1\Sc2ccccc2SC1CC. The molecule has 1 unspecified atom stereocenters. The van der Waals surface area contributed by atoms with E-state index >= 15 is 0 Å². The second-order valence-electron chi connectivity index (χ2n) is 6.80. The zero-order valence-electron chi connectivity index (χ0n) is 15.3. The minimum Gasteiger partial charge on any atom is -0.384 e. The van der Waals surface area contributed by atoms with E-state index in [2.05, 4.69) is 70.4 Å². The molecule has 0 aliphatic carbocycles. The van der Waals surface area contributed by atoms with Gasteiger partial charge >= 0.3 is 0 Å². The number of allylic oxidation sites excluding steroid dienone is 2. The summed E-state index contributed by atoms with van der Waals surface area (Å²) in [6.45, 7) is 17.2. The number of hydrogen-bond acceptors (Lipinski definition) is 3. The van der Waals surface area contributed by atoms with Gasteiger partial charge in [0.05, 0.1) is 0 Å². The van der Waals surface area contributed by atoms with Crippen LogP contribution in [0.2, 0.25) is 0 Å². The zero-order valence-corrected chi connectivity index (χ0v) is 16.9. The molecule has 0 saturated heterocycles. The van der Waals surface area contributed by atoms with Gasteiger partial charge in [0.15, 0.2) is 0 Å². The molecule has 1 N–H and O–H groups in total. The van der Waals surface area contributed by atoms with Crippen LogP contribution in [0.3, 0.4) is 0 Å². The topological polar surface area (TPSA) is 12.0 Å². The van der Waals surface area contributed by atoms with Crippen LogP contribution < -0.4 is 5.32 Å². The first-order valence-corrected chi connectivity index (χ1v) is 10.3. The predicted octanol–water partition coefficient (Wildman–Crippen LogP) is 6.79. The molecule has 1 nitrogen and oxygen atoms in total. The van der Waals surface area contributed by atoms with Crippen molar-refractivity contribution in [3.63, 3.8) is 0 Å². The molecule has 24 heavy (non-hydrogen) atoms. The molecule has 0 fully saturated rings. The van der Waals surface area contributed by atoms with Gasteiger partial charge in [-0.2, -0.15) is 0 Å². The smallest absolute Gasteiger partial charge is 0.0408 e. The molecule has 1 aromatic carbocycles. The van der Waals surface area contributed by atoms with Crippen LogP contribution >= 0.6 is 23.5 Å². The minimum absolute atomic E-state index is 0.0826. The molecule has 1 aromatic rings. The van der Waals surface area contributed by atoms with E-state index in [0.29, 0.717) is 5.25 Å². The Morgan fingerprint density at radius 1 is 1.25 bits per heavy atom. The average Bonchev–Trinajstić information content (AvgIpc) is 2.58. The molecule has 1 atom stereocenters. The van der Waals surface area contributed by atoms with Crippen molar-refractivity contribution in [2.75, 3.05) is 0 Å². The van der Waals surface area contributed by atoms with Gasteiger partial charge in [0, 0.05) is 37.6 Å². The first-order chi connectivity index (χ1) is 11.4. The standard InChI is InChI=1S/C21H29NS2/c1-7-16(14-15(4)22-21(5,6)9-3)20-17(8-2)23-18-12-10-11-13-19(18)24-20/h7,10-13,17,22H,1,4,8-9,14H2,2-3,5-6H3/b20-16+. The molecule has 1 aliphatic rings. The maximum Gasteiger partial charge on any atom is 0.0408 e. The van der Waals surface area contributed by atoms with Crippen LogP contribution in [-0.4, -0.2) is 10.8 Å². The highest BCUT2D eigenvalue weighted by molar-refractivity contribution is 8.08. The second-order valence-corrected chi connectivity index (χ2v) is 9.13. The second kappa shape index (κ2) is 8.35. The van der Waals surface area contributed by atoms with Crippen molar-refractivity contribution in [3.05, 3.63) is 59.7 Å². The number of nitrogens with one attached hydrogen (secondary N) is 1. The molecule has 0 amide bonds. The van der Waals surface area contributed by atoms with Gasteiger partial charge in [-0.1, -0.05) is 57.0 Å². The number of benzene rings is 1. The third-order valence-corrected chi connectivity index (χ3v) is 7.45. The molecule has 0 spiro atoms. The fourth-order valence-corrected chi connectivity index (χ4v) is 5.43. The van der Waals surface area contributed by atoms with Gasteiger partial charge < -0.3 is 5.32 Å². The van der Waals surface area contributed by atoms with Crippen LogP contribution in [0.25, 0.3) is 0 Å². The summed E-state index contributed by atoms with van der Waals surface area (Å²) in [7, 11) is 0. The van der Waals surface area contributed by atoms with Crippen molar-refractivity contribution in [1.29, 1.82) is 0 Å². The Kier molecular flexibility index (Phi) is 6.70. The number of thioether (sulfide) groups is 2. The van der Waals surface area contributed by atoms with E-state index in [1.165, 1.54) is 20.3 Å². The lowest BCUT2D eigenvalue weighted by atomic mass is 10.00. The number of hydrogen-bond donors (Lipinski definition) is 1. The van der Waals surface area contributed by atoms with Crippen molar-refractivity contribution in [2.24, 2.45) is 0 Å². The molecule has 1 aliphatic heterocycles. The summed E-state index contributed by atoms with van der Waals surface area (Å²) < 4.78 is 0. The van der Waals surface area contributed by atoms with Crippen LogP contribution in [0.4, 0.5) is 0 Å². The van der Waals surface area contributed by atoms with Gasteiger partial charge in [-0.05, 0) is 44.4 Å². The Hall–Kier alpha value is -1.06. The van der Waals surface area contributed by atoms with Crippen molar-refractivity contribution in [2.45, 2.75) is 67.5 Å². The normalized spacial score (nSPS) is 19.4. The maximum absolute atomic E-state index is 4.26. The van der Waals surface area contributed by atoms with Gasteiger partial charge in [0.2, 0.25) is 0 Å². The monoisotopic (exact) mass is 359 g/mol. The van der Waals surface area contributed by atoms with E-state index in [9.17, 15) is 0 Å². The average molecular weight is 360 g/mol. The summed E-state index contributed by atoms with van der Waals surface area (Å²) in [5.74, 6) is 0. The molecule has 3 heteroatoms. The fourth-order valence-electron chi connectivity index (χ4n) is 2.66. The Balaban J connectivity index is 2.25. The largest absolute Gasteiger partial charge is 0.384 e. The van der Waals surface area contributed by atoms with Crippen molar-refractivity contribution in [1.82, 2.24) is 5.32 Å². The van der Waals surface area contributed by atoms with Crippen molar-refractivity contribution >= 4 is 23.5 Å². The highest BCUT2D eigenvalue weighted by Gasteiger charge is 2.26. The Morgan fingerprint density at radius 3 is 2.50 bits per heavy atom. The van der Waals surface area contributed by atoms with Crippen LogP contribution in [0.5, 0.6) is 0 Å². The van der Waals surface area contributed by atoms with Gasteiger partial charge in [0.1, 0.15) is 0 Å². The summed E-state index contributed by atoms with van der Waals surface area (Å²) in [5, 5.41) is 4.07. The van der Waals surface area contributed by atoms with E-state index in [4.69, 9.17) is 0 Å². The molecule has 0 bridgehead atoms. The summed E-state index contributed by atoms with van der Waals surface area (Å²) in [6, 6.07) is 8.69. The number of fused-ring (bicyclic) bond motifs is 1. The molecule has 0 aromatic heterocycles. The summed E-state index contributed by atoms with van der Waals surface area (Å²) >= 11 is 3.88. The van der Waals surface area contributed by atoms with Crippen LogP contribution in [0.15, 0.2) is 69.5 Å². The Labute approximate surface area is 156 Å². The van der Waals surface area contributed by atoms with E-state index in [0.717, 1.165) is 25.0 Å². The molecular formula is C21H29NS2. The molecular weight excluding hydrogens is 330 g/mol. The minimum atomic E-state index is 0.0826. The van der Waals surface area contributed by atoms with Crippen molar-refractivity contribution < 1.29 is 0 Å². The third kappa shape index (κ3) is 4.73. The molecule has 2 rings (SSSR count). The molecule has 130 valence electrons. The Bertz CT molecular complexity index is 643. The zero-order chi connectivity index (χ0) is 17.7. The summed E-state index contributed by atoms with van der Waals surface area (Å²) in [4.78, 5) is 4.19. The quantitative estimate of drug-likeness (QED) is 0.576. The van der Waals surface area contributed by atoms with Crippen LogP contribution in [0.1, 0.15) is 47.0 Å². The first-order valence-electron chi connectivity index (χ1n) is 8.65. The Morgan fingerprint density at radius 2 is 1.92 bits per heavy atom. The van der Waals surface area contributed by atoms with Crippen LogP contribution in [-0.2, 0) is 0 Å². The molecule has 0 radical (unpaired) electrons. The fraction of sp³-hybridized carbons (Fsp3) is 0.429. The summed E-state index contributed by atoms with van der Waals surface area (Å²) in [5.41, 5.74) is 2.46. The highest BCUT2D eigenvalue weighted by Crippen LogP contribution is 2.50. The lowest BCUT2D eigenvalue weighted by Gasteiger charge is -2.30. The van der Waals surface area contributed by atoms with Gasteiger partial charge in [-0.3, -0.25) is 0 Å². The highest BCUT2D eigenvalue weighted by atomic mass is 32.2. The van der Waals surface area contributed by atoms with Gasteiger partial charge in [-0.15, -0.1) is 11.8 Å². The number of rotatable bonds is 7. The van der Waals surface area contributed by atoms with Gasteiger partial charge in [0.25, 0.3) is 0 Å². The third-order valence-electron chi connectivity index (χ3n) is 4.37. The molecule has 1 heterocycles. The predicted molar refractivity (Wildman–Crippen MR) is 111 cm³/mol. The lowest BCUT2D eigenvalue weighted by Crippen LogP contribution is -2.37. The van der Waals surface area contributed by atoms with Crippen LogP contribution in [0, 0.1) is 0 Å². The van der Waals surface area contributed by atoms with E-state index in [1.807, 2.05) is 29.6 Å². The van der Waals surface area contributed by atoms with Gasteiger partial charge in [-0.25, -0.2) is 0 Å². The van der Waals surface area contributed by atoms with E-state index in [-0.39, 0.29) is 5.54 Å². The lowest BCUT2D eigenvalue weighted by molar-refractivity contribution is 0.411. The van der Waals surface area contributed by atoms with Crippen molar-refractivity contribution in [3.8, 4) is 0 Å². The molecule has 0 saturated carbocycles. The first kappa shape index (κ1) is 19.3. The van der Waals surface area contributed by atoms with E-state index < -0.39 is 0 Å².